The Morgan fingerprint density at radius 1 is 0.647 bits per heavy atom. The van der Waals surface area contributed by atoms with Crippen LogP contribution in [0, 0.1) is 0 Å². The Labute approximate surface area is 205 Å². The van der Waals surface area contributed by atoms with Gasteiger partial charge in [-0.25, -0.2) is 0 Å². The van der Waals surface area contributed by atoms with Crippen molar-refractivity contribution in [2.24, 2.45) is 0 Å². The normalized spacial score (nSPS) is 12.0. The fourth-order valence-electron chi connectivity index (χ4n) is 4.18. The first kappa shape index (κ1) is 24.3. The van der Waals surface area contributed by atoms with E-state index in [0.29, 0.717) is 13.0 Å². The van der Waals surface area contributed by atoms with Gasteiger partial charge >= 0.3 is 5.97 Å². The molecule has 0 amide bonds. The maximum atomic E-state index is 12.9. The molecule has 4 rings (SSSR count). The SMILES string of the molecule is CCOC(=O)C[C@@H](CP(c1ccccc1)c1ccccc1)P(c1ccccc1)c1ccccc1. The van der Waals surface area contributed by atoms with Gasteiger partial charge in [-0.2, -0.15) is 0 Å². The molecular formula is C30H30O2P2. The molecule has 0 unspecified atom stereocenters. The second-order valence-electron chi connectivity index (χ2n) is 7.99. The van der Waals surface area contributed by atoms with Gasteiger partial charge in [0.1, 0.15) is 0 Å². The van der Waals surface area contributed by atoms with Gasteiger partial charge in [-0.15, -0.1) is 0 Å². The van der Waals surface area contributed by atoms with Crippen molar-refractivity contribution in [3.05, 3.63) is 121 Å². The summed E-state index contributed by atoms with van der Waals surface area (Å²) in [5, 5.41) is 5.28. The Morgan fingerprint density at radius 3 is 1.41 bits per heavy atom. The molecule has 0 aromatic heterocycles. The molecule has 0 aliphatic heterocycles. The molecule has 4 aromatic rings. The Hall–Kier alpha value is -2.79. The maximum Gasteiger partial charge on any atom is 0.306 e. The van der Waals surface area contributed by atoms with Crippen LogP contribution in [0.4, 0.5) is 0 Å². The molecule has 1 atom stereocenters. The zero-order valence-electron chi connectivity index (χ0n) is 19.5. The van der Waals surface area contributed by atoms with Crippen molar-refractivity contribution < 1.29 is 9.53 Å². The van der Waals surface area contributed by atoms with E-state index in [9.17, 15) is 4.79 Å². The molecule has 2 nitrogen and oxygen atoms in total. The van der Waals surface area contributed by atoms with E-state index in [4.69, 9.17) is 4.74 Å². The van der Waals surface area contributed by atoms with Gasteiger partial charge in [0.15, 0.2) is 0 Å². The number of benzene rings is 4. The minimum absolute atomic E-state index is 0.108. The molecule has 0 aliphatic carbocycles. The number of carbonyl (C=O) groups is 1. The largest absolute Gasteiger partial charge is 0.466 e. The monoisotopic (exact) mass is 484 g/mol. The first-order chi connectivity index (χ1) is 16.8. The summed E-state index contributed by atoms with van der Waals surface area (Å²) < 4.78 is 5.47. The van der Waals surface area contributed by atoms with Crippen molar-refractivity contribution in [3.8, 4) is 0 Å². The minimum Gasteiger partial charge on any atom is -0.466 e. The molecule has 0 saturated heterocycles. The summed E-state index contributed by atoms with van der Waals surface area (Å²) in [5.74, 6) is -0.108. The zero-order valence-corrected chi connectivity index (χ0v) is 21.2. The van der Waals surface area contributed by atoms with Crippen LogP contribution in [0.1, 0.15) is 13.3 Å². The van der Waals surface area contributed by atoms with E-state index >= 15 is 0 Å². The lowest BCUT2D eigenvalue weighted by atomic mass is 10.3. The molecule has 0 fully saturated rings. The topological polar surface area (TPSA) is 26.3 Å². The molecule has 4 heteroatoms. The van der Waals surface area contributed by atoms with Crippen molar-refractivity contribution in [1.29, 1.82) is 0 Å². The molecule has 172 valence electrons. The van der Waals surface area contributed by atoms with Gasteiger partial charge in [0.25, 0.3) is 0 Å². The van der Waals surface area contributed by atoms with Crippen LogP contribution in [0.2, 0.25) is 0 Å². The second kappa shape index (κ2) is 12.6. The van der Waals surface area contributed by atoms with Crippen LogP contribution < -0.4 is 21.2 Å². The van der Waals surface area contributed by atoms with E-state index in [0.717, 1.165) is 6.16 Å². The number of hydrogen-bond acceptors (Lipinski definition) is 2. The molecule has 0 radical (unpaired) electrons. The van der Waals surface area contributed by atoms with E-state index in [-0.39, 0.29) is 11.6 Å². The highest BCUT2D eigenvalue weighted by Crippen LogP contribution is 2.48. The third kappa shape index (κ3) is 6.41. The predicted molar refractivity (Wildman–Crippen MR) is 148 cm³/mol. The van der Waals surface area contributed by atoms with Crippen LogP contribution in [0.3, 0.4) is 0 Å². The van der Waals surface area contributed by atoms with Gasteiger partial charge in [-0.3, -0.25) is 4.79 Å². The lowest BCUT2D eigenvalue weighted by Crippen LogP contribution is -2.30. The van der Waals surface area contributed by atoms with Crippen LogP contribution in [-0.4, -0.2) is 24.4 Å². The van der Waals surface area contributed by atoms with Crippen molar-refractivity contribution in [2.45, 2.75) is 19.0 Å². The molecule has 0 N–H and O–H groups in total. The van der Waals surface area contributed by atoms with Gasteiger partial charge < -0.3 is 4.74 Å². The summed E-state index contributed by atoms with van der Waals surface area (Å²) in [6.07, 6.45) is 1.35. The fourth-order valence-corrected chi connectivity index (χ4v) is 10.1. The Morgan fingerprint density at radius 2 is 1.03 bits per heavy atom. The van der Waals surface area contributed by atoms with Crippen molar-refractivity contribution >= 4 is 43.0 Å². The Bertz CT molecular complexity index is 1060. The molecule has 4 aromatic carbocycles. The van der Waals surface area contributed by atoms with Gasteiger partial charge in [0.05, 0.1) is 13.0 Å². The van der Waals surface area contributed by atoms with Gasteiger partial charge in [0.2, 0.25) is 0 Å². The Kier molecular flexibility index (Phi) is 9.03. The molecule has 0 aliphatic rings. The van der Waals surface area contributed by atoms with Crippen LogP contribution in [0.15, 0.2) is 121 Å². The Balaban J connectivity index is 1.79. The molecule has 0 saturated carbocycles. The summed E-state index contributed by atoms with van der Waals surface area (Å²) in [5.41, 5.74) is 0.158. The summed E-state index contributed by atoms with van der Waals surface area (Å²) in [7, 11) is -1.39. The van der Waals surface area contributed by atoms with Gasteiger partial charge in [-0.05, 0) is 50.1 Å². The van der Waals surface area contributed by atoms with Crippen LogP contribution >= 0.6 is 15.8 Å². The number of hydrogen-bond donors (Lipinski definition) is 0. The van der Waals surface area contributed by atoms with Crippen LogP contribution in [0.25, 0.3) is 0 Å². The van der Waals surface area contributed by atoms with Gasteiger partial charge in [-0.1, -0.05) is 121 Å². The number of esters is 1. The number of carbonyl (C=O) groups excluding carboxylic acids is 1. The third-order valence-electron chi connectivity index (χ3n) is 5.67. The molecule has 34 heavy (non-hydrogen) atoms. The first-order valence-corrected chi connectivity index (χ1v) is 14.6. The highest BCUT2D eigenvalue weighted by molar-refractivity contribution is 7.77. The summed E-state index contributed by atoms with van der Waals surface area (Å²) in [6, 6.07) is 42.9. The molecule has 0 spiro atoms. The van der Waals surface area contributed by atoms with E-state index < -0.39 is 15.8 Å². The van der Waals surface area contributed by atoms with E-state index in [1.54, 1.807) is 0 Å². The average Bonchev–Trinajstić information content (AvgIpc) is 2.90. The number of ether oxygens (including phenoxy) is 1. The highest BCUT2D eigenvalue weighted by Gasteiger charge is 2.31. The van der Waals surface area contributed by atoms with Crippen LogP contribution in [-0.2, 0) is 9.53 Å². The summed E-state index contributed by atoms with van der Waals surface area (Å²) >= 11 is 0. The minimum atomic E-state index is -0.755. The van der Waals surface area contributed by atoms with Crippen molar-refractivity contribution in [3.63, 3.8) is 0 Å². The van der Waals surface area contributed by atoms with E-state index in [2.05, 4.69) is 121 Å². The van der Waals surface area contributed by atoms with E-state index in [1.807, 2.05) is 6.92 Å². The maximum absolute atomic E-state index is 12.9. The predicted octanol–water partition coefficient (Wildman–Crippen LogP) is 5.57. The lowest BCUT2D eigenvalue weighted by molar-refractivity contribution is -0.142. The molecule has 0 bridgehead atoms. The standard InChI is InChI=1S/C30H30O2P2/c1-2-32-30(31)23-29(34(27-19-11-5-12-20-27)28-21-13-6-14-22-28)24-33(25-15-7-3-8-16-25)26-17-9-4-10-18-26/h3-22,29H,2,23-24H2,1H3/t29-/m0/s1. The molecular weight excluding hydrogens is 454 g/mol. The van der Waals surface area contributed by atoms with Crippen LogP contribution in [0.5, 0.6) is 0 Å². The number of rotatable bonds is 10. The first-order valence-electron chi connectivity index (χ1n) is 11.7. The lowest BCUT2D eigenvalue weighted by Gasteiger charge is -2.32. The smallest absolute Gasteiger partial charge is 0.306 e. The summed E-state index contributed by atoms with van der Waals surface area (Å²) in [6.45, 7) is 2.29. The second-order valence-corrected chi connectivity index (χ2v) is 12.7. The van der Waals surface area contributed by atoms with E-state index in [1.165, 1.54) is 21.2 Å². The summed E-state index contributed by atoms with van der Waals surface area (Å²) in [4.78, 5) is 12.9. The molecule has 0 heterocycles. The zero-order chi connectivity index (χ0) is 23.6. The average molecular weight is 485 g/mol. The fraction of sp³-hybridized carbons (Fsp3) is 0.167. The highest BCUT2D eigenvalue weighted by atomic mass is 31.1. The van der Waals surface area contributed by atoms with Crippen molar-refractivity contribution in [1.82, 2.24) is 0 Å². The van der Waals surface area contributed by atoms with Crippen molar-refractivity contribution in [2.75, 3.05) is 12.8 Å². The third-order valence-corrected chi connectivity index (χ3v) is 11.4. The van der Waals surface area contributed by atoms with Gasteiger partial charge in [0, 0.05) is 5.66 Å². The quantitative estimate of drug-likeness (QED) is 0.217.